The number of carboxylic acid groups (broad SMARTS) is 1. The monoisotopic (exact) mass is 259 g/mol. The maximum Gasteiger partial charge on any atom is 0.307 e. The first-order chi connectivity index (χ1) is 8.01. The first-order valence-electron chi connectivity index (χ1n) is 5.24. The van der Waals surface area contributed by atoms with E-state index in [9.17, 15) is 13.2 Å². The molecule has 0 saturated carbocycles. The summed E-state index contributed by atoms with van der Waals surface area (Å²) in [6.45, 7) is 0.377. The third-order valence-corrected chi connectivity index (χ3v) is 4.62. The van der Waals surface area contributed by atoms with Crippen LogP contribution in [0.2, 0.25) is 0 Å². The normalized spacial score (nSPS) is 22.5. The summed E-state index contributed by atoms with van der Waals surface area (Å²) in [6.07, 6.45) is 2.43. The summed E-state index contributed by atoms with van der Waals surface area (Å²) < 4.78 is 25.4. The van der Waals surface area contributed by atoms with Gasteiger partial charge in [-0.05, 0) is 18.9 Å². The van der Waals surface area contributed by atoms with Crippen molar-refractivity contribution in [3.05, 3.63) is 12.3 Å². The Balaban J connectivity index is 2.20. The molecule has 2 heterocycles. The SMILES string of the molecule is O=C(O)[C@@H]1CCCN(S(=O)(=O)c2ccn[nH]2)C1. The predicted molar refractivity (Wildman–Crippen MR) is 57.7 cm³/mol. The van der Waals surface area contributed by atoms with Crippen molar-refractivity contribution < 1.29 is 18.3 Å². The van der Waals surface area contributed by atoms with Crippen molar-refractivity contribution in [1.29, 1.82) is 0 Å². The zero-order valence-electron chi connectivity index (χ0n) is 9.04. The van der Waals surface area contributed by atoms with Crippen LogP contribution < -0.4 is 0 Å². The summed E-state index contributed by atoms with van der Waals surface area (Å²) in [4.78, 5) is 10.9. The molecule has 1 atom stereocenters. The third-order valence-electron chi connectivity index (χ3n) is 2.83. The molecule has 0 aliphatic carbocycles. The van der Waals surface area contributed by atoms with Crippen LogP contribution in [0.25, 0.3) is 0 Å². The molecule has 17 heavy (non-hydrogen) atoms. The van der Waals surface area contributed by atoms with Gasteiger partial charge in [-0.15, -0.1) is 0 Å². The van der Waals surface area contributed by atoms with Gasteiger partial charge in [-0.1, -0.05) is 0 Å². The number of hydrogen-bond donors (Lipinski definition) is 2. The van der Waals surface area contributed by atoms with E-state index in [-0.39, 0.29) is 11.6 Å². The van der Waals surface area contributed by atoms with E-state index < -0.39 is 21.9 Å². The quantitative estimate of drug-likeness (QED) is 0.788. The summed E-state index contributed by atoms with van der Waals surface area (Å²) in [5.41, 5.74) is 0. The van der Waals surface area contributed by atoms with Gasteiger partial charge in [0.2, 0.25) is 0 Å². The van der Waals surface area contributed by atoms with E-state index >= 15 is 0 Å². The second-order valence-corrected chi connectivity index (χ2v) is 5.87. The van der Waals surface area contributed by atoms with E-state index in [1.165, 1.54) is 16.6 Å². The number of aromatic nitrogens is 2. The van der Waals surface area contributed by atoms with Crippen LogP contribution in [0.15, 0.2) is 17.3 Å². The number of aliphatic carboxylic acids is 1. The van der Waals surface area contributed by atoms with E-state index in [1.54, 1.807) is 0 Å². The number of carboxylic acids is 1. The number of nitrogens with zero attached hydrogens (tertiary/aromatic N) is 2. The second kappa shape index (κ2) is 4.46. The topological polar surface area (TPSA) is 103 Å². The summed E-state index contributed by atoms with van der Waals surface area (Å²) in [6, 6.07) is 1.36. The van der Waals surface area contributed by atoms with Crippen molar-refractivity contribution in [1.82, 2.24) is 14.5 Å². The Labute approximate surface area is 98.5 Å². The van der Waals surface area contributed by atoms with Crippen molar-refractivity contribution in [2.45, 2.75) is 17.9 Å². The maximum atomic E-state index is 12.1. The third kappa shape index (κ3) is 2.32. The predicted octanol–water partition coefficient (Wildman–Crippen LogP) is -0.105. The minimum absolute atomic E-state index is 0.00328. The Hall–Kier alpha value is -1.41. The molecule has 1 saturated heterocycles. The summed E-state index contributed by atoms with van der Waals surface area (Å²) >= 11 is 0. The van der Waals surface area contributed by atoms with Gasteiger partial charge in [-0.3, -0.25) is 9.89 Å². The van der Waals surface area contributed by atoms with Crippen LogP contribution >= 0.6 is 0 Å². The lowest BCUT2D eigenvalue weighted by Gasteiger charge is -2.29. The van der Waals surface area contributed by atoms with Gasteiger partial charge in [0, 0.05) is 13.1 Å². The zero-order chi connectivity index (χ0) is 12.5. The summed E-state index contributed by atoms with van der Waals surface area (Å²) in [5, 5.41) is 14.9. The number of piperidine rings is 1. The van der Waals surface area contributed by atoms with Crippen LogP contribution in [0.3, 0.4) is 0 Å². The first-order valence-corrected chi connectivity index (χ1v) is 6.68. The number of aromatic amines is 1. The summed E-state index contributed by atoms with van der Waals surface area (Å²) in [7, 11) is -3.63. The Morgan fingerprint density at radius 2 is 2.35 bits per heavy atom. The van der Waals surface area contributed by atoms with Gasteiger partial charge in [0.15, 0.2) is 5.03 Å². The van der Waals surface area contributed by atoms with E-state index in [0.717, 1.165) is 0 Å². The van der Waals surface area contributed by atoms with Crippen LogP contribution in [-0.2, 0) is 14.8 Å². The van der Waals surface area contributed by atoms with Crippen molar-refractivity contribution in [3.8, 4) is 0 Å². The van der Waals surface area contributed by atoms with Crippen LogP contribution in [0.1, 0.15) is 12.8 Å². The lowest BCUT2D eigenvalue weighted by Crippen LogP contribution is -2.42. The Bertz CT molecular complexity index is 496. The number of carbonyl (C=O) groups is 1. The van der Waals surface area contributed by atoms with Crippen LogP contribution in [0, 0.1) is 5.92 Å². The molecule has 0 bridgehead atoms. The molecule has 94 valence electrons. The van der Waals surface area contributed by atoms with Crippen molar-refractivity contribution in [3.63, 3.8) is 0 Å². The molecule has 8 heteroatoms. The molecule has 0 amide bonds. The minimum atomic E-state index is -3.63. The molecule has 1 aromatic heterocycles. The second-order valence-electron chi connectivity index (χ2n) is 3.96. The van der Waals surface area contributed by atoms with Gasteiger partial charge >= 0.3 is 5.97 Å². The van der Waals surface area contributed by atoms with Gasteiger partial charge in [0.25, 0.3) is 10.0 Å². The lowest BCUT2D eigenvalue weighted by atomic mass is 10.0. The van der Waals surface area contributed by atoms with E-state index in [0.29, 0.717) is 19.4 Å². The zero-order valence-corrected chi connectivity index (χ0v) is 9.85. The van der Waals surface area contributed by atoms with Gasteiger partial charge < -0.3 is 5.11 Å². The van der Waals surface area contributed by atoms with Gasteiger partial charge in [0.05, 0.1) is 12.1 Å². The fourth-order valence-corrected chi connectivity index (χ4v) is 3.31. The highest BCUT2D eigenvalue weighted by molar-refractivity contribution is 7.89. The van der Waals surface area contributed by atoms with Crippen molar-refractivity contribution in [2.75, 3.05) is 13.1 Å². The summed E-state index contributed by atoms with van der Waals surface area (Å²) in [5.74, 6) is -1.57. The number of nitrogens with one attached hydrogen (secondary N) is 1. The maximum absolute atomic E-state index is 12.1. The number of hydrogen-bond acceptors (Lipinski definition) is 4. The van der Waals surface area contributed by atoms with E-state index in [4.69, 9.17) is 5.11 Å². The van der Waals surface area contributed by atoms with Gasteiger partial charge in [-0.25, -0.2) is 8.42 Å². The molecule has 1 aliphatic heterocycles. The number of H-pyrrole nitrogens is 1. The van der Waals surface area contributed by atoms with E-state index in [2.05, 4.69) is 10.2 Å². The van der Waals surface area contributed by atoms with Crippen LogP contribution in [0.5, 0.6) is 0 Å². The first kappa shape index (κ1) is 12.1. The number of sulfonamides is 1. The number of rotatable bonds is 3. The highest BCUT2D eigenvalue weighted by atomic mass is 32.2. The Morgan fingerprint density at radius 1 is 1.59 bits per heavy atom. The molecular weight excluding hydrogens is 246 g/mol. The Morgan fingerprint density at radius 3 is 2.94 bits per heavy atom. The fourth-order valence-electron chi connectivity index (χ4n) is 1.89. The Kier molecular flexibility index (Phi) is 3.16. The highest BCUT2D eigenvalue weighted by Gasteiger charge is 2.33. The molecule has 0 spiro atoms. The molecular formula is C9H13N3O4S. The molecule has 2 rings (SSSR count). The lowest BCUT2D eigenvalue weighted by molar-refractivity contribution is -0.142. The van der Waals surface area contributed by atoms with E-state index in [1.807, 2.05) is 0 Å². The van der Waals surface area contributed by atoms with Crippen molar-refractivity contribution in [2.24, 2.45) is 5.92 Å². The standard InChI is InChI=1S/C9H13N3O4S/c13-9(14)7-2-1-5-12(6-7)17(15,16)8-3-4-10-11-8/h3-4,7H,1-2,5-6H2,(H,10,11)(H,13,14)/t7-/m1/s1. The molecule has 1 fully saturated rings. The van der Waals surface area contributed by atoms with Crippen molar-refractivity contribution >= 4 is 16.0 Å². The fraction of sp³-hybridized carbons (Fsp3) is 0.556. The van der Waals surface area contributed by atoms with Gasteiger partial charge in [-0.2, -0.15) is 9.40 Å². The molecule has 0 radical (unpaired) electrons. The molecule has 1 aromatic rings. The molecule has 2 N–H and O–H groups in total. The molecule has 0 unspecified atom stereocenters. The molecule has 1 aliphatic rings. The molecule has 0 aromatic carbocycles. The smallest absolute Gasteiger partial charge is 0.307 e. The minimum Gasteiger partial charge on any atom is -0.481 e. The molecule has 7 nitrogen and oxygen atoms in total. The average molecular weight is 259 g/mol. The highest BCUT2D eigenvalue weighted by Crippen LogP contribution is 2.22. The van der Waals surface area contributed by atoms with Crippen LogP contribution in [0.4, 0.5) is 0 Å². The van der Waals surface area contributed by atoms with Gasteiger partial charge in [0.1, 0.15) is 0 Å². The largest absolute Gasteiger partial charge is 0.481 e. The van der Waals surface area contributed by atoms with Crippen LogP contribution in [-0.4, -0.2) is 47.1 Å². The average Bonchev–Trinajstić information content (AvgIpc) is 2.83.